The number of rotatable bonds is 5. The maximum absolute atomic E-state index is 11.1. The first kappa shape index (κ1) is 13.8. The molecule has 6 heteroatoms. The standard InChI is InChI=1S/C14H16N4O2/c1-2-17(10-11-6-4-3-5-7-11)14-12(18(19)20)8-9-13(15)16-14/h3-9H,2,10H2,1H3,(H2,15,16). The molecule has 1 aromatic carbocycles. The first-order valence-corrected chi connectivity index (χ1v) is 6.31. The number of nitrogen functional groups attached to an aromatic ring is 1. The third-order valence-corrected chi connectivity index (χ3v) is 2.97. The Hall–Kier alpha value is -2.63. The lowest BCUT2D eigenvalue weighted by atomic mass is 10.2. The molecule has 0 aliphatic heterocycles. The fourth-order valence-electron chi connectivity index (χ4n) is 1.97. The van der Waals surface area contributed by atoms with Gasteiger partial charge in [-0.1, -0.05) is 30.3 Å². The lowest BCUT2D eigenvalue weighted by molar-refractivity contribution is -0.384. The fraction of sp³-hybridized carbons (Fsp3) is 0.214. The van der Waals surface area contributed by atoms with Gasteiger partial charge in [-0.3, -0.25) is 10.1 Å². The Morgan fingerprint density at radius 2 is 1.95 bits per heavy atom. The number of nitrogens with zero attached hydrogens (tertiary/aromatic N) is 3. The molecule has 1 aromatic heterocycles. The van der Waals surface area contributed by atoms with Crippen LogP contribution in [0.25, 0.3) is 0 Å². The van der Waals surface area contributed by atoms with Crippen molar-refractivity contribution in [2.24, 2.45) is 0 Å². The minimum atomic E-state index is -0.435. The van der Waals surface area contributed by atoms with Gasteiger partial charge in [0.1, 0.15) is 5.82 Å². The van der Waals surface area contributed by atoms with Crippen molar-refractivity contribution in [2.45, 2.75) is 13.5 Å². The maximum Gasteiger partial charge on any atom is 0.311 e. The van der Waals surface area contributed by atoms with Crippen LogP contribution < -0.4 is 10.6 Å². The van der Waals surface area contributed by atoms with E-state index in [1.54, 1.807) is 0 Å². The van der Waals surface area contributed by atoms with E-state index in [1.807, 2.05) is 42.2 Å². The molecule has 0 amide bonds. The summed E-state index contributed by atoms with van der Waals surface area (Å²) in [5, 5.41) is 11.1. The lowest BCUT2D eigenvalue weighted by Crippen LogP contribution is -2.24. The van der Waals surface area contributed by atoms with Crippen molar-refractivity contribution in [2.75, 3.05) is 17.2 Å². The minimum Gasteiger partial charge on any atom is -0.384 e. The van der Waals surface area contributed by atoms with E-state index in [4.69, 9.17) is 5.73 Å². The smallest absolute Gasteiger partial charge is 0.311 e. The van der Waals surface area contributed by atoms with E-state index in [-0.39, 0.29) is 11.5 Å². The Labute approximate surface area is 117 Å². The number of anilines is 2. The second kappa shape index (κ2) is 6.01. The minimum absolute atomic E-state index is 0.0306. The van der Waals surface area contributed by atoms with Gasteiger partial charge in [0.15, 0.2) is 0 Å². The van der Waals surface area contributed by atoms with Crippen LogP contribution in [0.15, 0.2) is 42.5 Å². The number of pyridine rings is 1. The average Bonchev–Trinajstić information content (AvgIpc) is 2.45. The molecule has 0 unspecified atom stereocenters. The summed E-state index contributed by atoms with van der Waals surface area (Å²) in [5.74, 6) is 0.582. The highest BCUT2D eigenvalue weighted by Gasteiger charge is 2.20. The molecule has 2 N–H and O–H groups in total. The van der Waals surface area contributed by atoms with Gasteiger partial charge in [-0.15, -0.1) is 0 Å². The Kier molecular flexibility index (Phi) is 4.14. The van der Waals surface area contributed by atoms with E-state index in [2.05, 4.69) is 4.98 Å². The van der Waals surface area contributed by atoms with Crippen molar-refractivity contribution in [1.82, 2.24) is 4.98 Å². The van der Waals surface area contributed by atoms with Gasteiger partial charge in [-0.25, -0.2) is 4.98 Å². The van der Waals surface area contributed by atoms with E-state index < -0.39 is 4.92 Å². The summed E-state index contributed by atoms with van der Waals surface area (Å²) >= 11 is 0. The average molecular weight is 272 g/mol. The van der Waals surface area contributed by atoms with Crippen LogP contribution >= 0.6 is 0 Å². The third kappa shape index (κ3) is 3.03. The Bertz CT molecular complexity index is 601. The van der Waals surface area contributed by atoms with E-state index in [0.29, 0.717) is 18.9 Å². The van der Waals surface area contributed by atoms with Crippen molar-refractivity contribution >= 4 is 17.3 Å². The molecule has 0 aliphatic carbocycles. The molecule has 0 atom stereocenters. The molecule has 20 heavy (non-hydrogen) atoms. The molecule has 0 aliphatic rings. The fourth-order valence-corrected chi connectivity index (χ4v) is 1.97. The van der Waals surface area contributed by atoms with Crippen LogP contribution in [0, 0.1) is 10.1 Å². The molecule has 0 radical (unpaired) electrons. The summed E-state index contributed by atoms with van der Waals surface area (Å²) in [4.78, 5) is 16.6. The highest BCUT2D eigenvalue weighted by Crippen LogP contribution is 2.27. The van der Waals surface area contributed by atoms with Crippen LogP contribution in [0.2, 0.25) is 0 Å². The normalized spacial score (nSPS) is 10.2. The van der Waals surface area contributed by atoms with Gasteiger partial charge in [-0.2, -0.15) is 0 Å². The van der Waals surface area contributed by atoms with Gasteiger partial charge in [0.25, 0.3) is 0 Å². The summed E-state index contributed by atoms with van der Waals surface area (Å²) < 4.78 is 0. The summed E-state index contributed by atoms with van der Waals surface area (Å²) in [7, 11) is 0. The third-order valence-electron chi connectivity index (χ3n) is 2.97. The zero-order valence-electron chi connectivity index (χ0n) is 11.2. The first-order valence-electron chi connectivity index (χ1n) is 6.31. The van der Waals surface area contributed by atoms with E-state index >= 15 is 0 Å². The van der Waals surface area contributed by atoms with Crippen molar-refractivity contribution < 1.29 is 4.92 Å². The van der Waals surface area contributed by atoms with Crippen LogP contribution in [-0.4, -0.2) is 16.5 Å². The molecule has 2 aromatic rings. The topological polar surface area (TPSA) is 85.3 Å². The largest absolute Gasteiger partial charge is 0.384 e. The second-order valence-corrected chi connectivity index (χ2v) is 4.34. The summed E-state index contributed by atoms with van der Waals surface area (Å²) in [5.41, 5.74) is 6.69. The molecule has 1 heterocycles. The van der Waals surface area contributed by atoms with Crippen molar-refractivity contribution in [1.29, 1.82) is 0 Å². The number of hydrogen-bond acceptors (Lipinski definition) is 5. The van der Waals surface area contributed by atoms with Gasteiger partial charge < -0.3 is 10.6 Å². The zero-order chi connectivity index (χ0) is 14.5. The number of aromatic nitrogens is 1. The second-order valence-electron chi connectivity index (χ2n) is 4.34. The summed E-state index contributed by atoms with van der Waals surface area (Å²) in [6, 6.07) is 12.6. The molecular formula is C14H16N4O2. The van der Waals surface area contributed by atoms with Gasteiger partial charge in [0.05, 0.1) is 4.92 Å². The van der Waals surface area contributed by atoms with Crippen LogP contribution in [0.3, 0.4) is 0 Å². The summed E-state index contributed by atoms with van der Waals surface area (Å²) in [6.45, 7) is 3.08. The van der Waals surface area contributed by atoms with E-state index in [9.17, 15) is 10.1 Å². The molecule has 104 valence electrons. The van der Waals surface area contributed by atoms with Gasteiger partial charge in [0.2, 0.25) is 5.82 Å². The maximum atomic E-state index is 11.1. The quantitative estimate of drug-likeness (QED) is 0.668. The van der Waals surface area contributed by atoms with Crippen molar-refractivity contribution in [3.8, 4) is 0 Å². The van der Waals surface area contributed by atoms with E-state index in [1.165, 1.54) is 12.1 Å². The van der Waals surface area contributed by atoms with Crippen molar-refractivity contribution in [3.05, 3.63) is 58.1 Å². The van der Waals surface area contributed by atoms with Gasteiger partial charge in [-0.05, 0) is 18.6 Å². The van der Waals surface area contributed by atoms with Crippen LogP contribution in [0.5, 0.6) is 0 Å². The first-order chi connectivity index (χ1) is 9.61. The number of hydrogen-bond donors (Lipinski definition) is 1. The van der Waals surface area contributed by atoms with Crippen LogP contribution in [0.1, 0.15) is 12.5 Å². The Balaban J connectivity index is 2.36. The lowest BCUT2D eigenvalue weighted by Gasteiger charge is -2.21. The molecular weight excluding hydrogens is 256 g/mol. The molecule has 0 spiro atoms. The predicted octanol–water partition coefficient (Wildman–Crippen LogP) is 2.60. The Morgan fingerprint density at radius 3 is 2.55 bits per heavy atom. The van der Waals surface area contributed by atoms with E-state index in [0.717, 1.165) is 5.56 Å². The molecule has 2 rings (SSSR count). The molecule has 0 bridgehead atoms. The highest BCUT2D eigenvalue weighted by molar-refractivity contribution is 5.61. The number of nitrogens with two attached hydrogens (primary N) is 1. The molecule has 6 nitrogen and oxygen atoms in total. The molecule has 0 saturated heterocycles. The highest BCUT2D eigenvalue weighted by atomic mass is 16.6. The Morgan fingerprint density at radius 1 is 1.25 bits per heavy atom. The monoisotopic (exact) mass is 272 g/mol. The predicted molar refractivity (Wildman–Crippen MR) is 78.5 cm³/mol. The van der Waals surface area contributed by atoms with Crippen LogP contribution in [-0.2, 0) is 6.54 Å². The number of benzene rings is 1. The summed E-state index contributed by atoms with van der Waals surface area (Å²) in [6.07, 6.45) is 0. The van der Waals surface area contributed by atoms with Crippen molar-refractivity contribution in [3.63, 3.8) is 0 Å². The number of nitro groups is 1. The zero-order valence-corrected chi connectivity index (χ0v) is 11.2. The molecule has 0 saturated carbocycles. The van der Waals surface area contributed by atoms with Crippen LogP contribution in [0.4, 0.5) is 17.3 Å². The SMILES string of the molecule is CCN(Cc1ccccc1)c1nc(N)ccc1[N+](=O)[O-]. The van der Waals surface area contributed by atoms with Gasteiger partial charge in [0, 0.05) is 19.2 Å². The van der Waals surface area contributed by atoms with Gasteiger partial charge >= 0.3 is 5.69 Å². The molecule has 0 fully saturated rings.